The Labute approximate surface area is 41.7 Å². The average molecular weight is 98.1 g/mol. The van der Waals surface area contributed by atoms with Gasteiger partial charge in [-0.1, -0.05) is 6.08 Å². The van der Waals surface area contributed by atoms with Crippen molar-refractivity contribution in [3.05, 3.63) is 24.5 Å². The summed E-state index contributed by atoms with van der Waals surface area (Å²) in [4.78, 5) is 0. The van der Waals surface area contributed by atoms with Crippen LogP contribution in [0.2, 0.25) is 0 Å². The Bertz CT molecular complexity index is 105. The highest BCUT2D eigenvalue weighted by molar-refractivity contribution is 5.04. The van der Waals surface area contributed by atoms with E-state index in [1.54, 1.807) is 18.2 Å². The predicted octanol–water partition coefficient (Wildman–Crippen LogP) is 0.405. The average Bonchev–Trinajstić information content (AvgIpc) is 1.69. The van der Waals surface area contributed by atoms with E-state index in [1.807, 2.05) is 0 Å². The number of hydrogen-bond donors (Lipinski definition) is 1. The number of rotatable bonds is 0. The van der Waals surface area contributed by atoms with E-state index in [9.17, 15) is 0 Å². The molecule has 1 rings (SSSR count). The van der Waals surface area contributed by atoms with Crippen LogP contribution < -0.4 is 0 Å². The third-order valence-electron chi connectivity index (χ3n) is 0.683. The maximum atomic E-state index is 8.55. The highest BCUT2D eigenvalue weighted by Crippen LogP contribution is 1.96. The summed E-state index contributed by atoms with van der Waals surface area (Å²) < 4.78 is 4.57. The quantitative estimate of drug-likeness (QED) is 0.475. The van der Waals surface area contributed by atoms with Crippen molar-refractivity contribution in [1.29, 1.82) is 0 Å². The molecule has 0 fully saturated rings. The minimum atomic E-state index is -0.731. The molecule has 0 aromatic rings. The first kappa shape index (κ1) is 4.40. The summed E-state index contributed by atoms with van der Waals surface area (Å²) in [5.41, 5.74) is 0. The fourth-order valence-corrected chi connectivity index (χ4v) is 0.376. The molecule has 0 amide bonds. The maximum Gasteiger partial charge on any atom is 0.216 e. The molecule has 7 heavy (non-hydrogen) atoms. The smallest absolute Gasteiger partial charge is 0.216 e. The monoisotopic (exact) mass is 98.0 g/mol. The van der Waals surface area contributed by atoms with Crippen molar-refractivity contribution in [2.24, 2.45) is 0 Å². The van der Waals surface area contributed by atoms with Crippen LogP contribution >= 0.6 is 0 Å². The van der Waals surface area contributed by atoms with Gasteiger partial charge in [0.1, 0.15) is 0 Å². The number of aliphatic hydroxyl groups is 1. The van der Waals surface area contributed by atoms with Crippen molar-refractivity contribution in [2.45, 2.75) is 6.29 Å². The fourth-order valence-electron chi connectivity index (χ4n) is 0.376. The van der Waals surface area contributed by atoms with Crippen molar-refractivity contribution < 1.29 is 9.84 Å². The van der Waals surface area contributed by atoms with Gasteiger partial charge < -0.3 is 9.84 Å². The van der Waals surface area contributed by atoms with Crippen LogP contribution in [-0.4, -0.2) is 11.4 Å². The third kappa shape index (κ3) is 1.05. The largest absolute Gasteiger partial charge is 0.469 e. The fraction of sp³-hybridized carbons (Fsp3) is 0.200. The lowest BCUT2D eigenvalue weighted by atomic mass is 10.4. The second kappa shape index (κ2) is 1.80. The van der Waals surface area contributed by atoms with E-state index in [1.165, 1.54) is 6.26 Å². The van der Waals surface area contributed by atoms with Gasteiger partial charge in [0, 0.05) is 0 Å². The van der Waals surface area contributed by atoms with Crippen LogP contribution in [0.25, 0.3) is 0 Å². The molecule has 0 saturated carbocycles. The van der Waals surface area contributed by atoms with Crippen LogP contribution in [-0.2, 0) is 4.74 Å². The summed E-state index contributed by atoms with van der Waals surface area (Å²) in [6.45, 7) is 0. The van der Waals surface area contributed by atoms with E-state index in [-0.39, 0.29) is 0 Å². The Morgan fingerprint density at radius 1 is 1.43 bits per heavy atom. The van der Waals surface area contributed by atoms with Gasteiger partial charge in [-0.15, -0.1) is 0 Å². The van der Waals surface area contributed by atoms with Gasteiger partial charge >= 0.3 is 0 Å². The molecule has 0 unspecified atom stereocenters. The zero-order chi connectivity index (χ0) is 5.11. The molecule has 2 nitrogen and oxygen atoms in total. The van der Waals surface area contributed by atoms with Crippen molar-refractivity contribution in [1.82, 2.24) is 0 Å². The SMILES string of the molecule is O[C@H]1C=CC=CO1. The first-order valence-corrected chi connectivity index (χ1v) is 2.06. The van der Waals surface area contributed by atoms with Gasteiger partial charge in [-0.05, 0) is 12.2 Å². The number of allylic oxidation sites excluding steroid dienone is 2. The lowest BCUT2D eigenvalue weighted by molar-refractivity contribution is -0.0132. The van der Waals surface area contributed by atoms with Gasteiger partial charge in [0.25, 0.3) is 0 Å². The van der Waals surface area contributed by atoms with Gasteiger partial charge in [-0.3, -0.25) is 0 Å². The standard InChI is InChI=1S/C5H6O2/c6-5-3-1-2-4-7-5/h1-6H/t5-/m1/s1. The number of hydrogen-bond acceptors (Lipinski definition) is 2. The molecular weight excluding hydrogens is 92.1 g/mol. The van der Waals surface area contributed by atoms with E-state index >= 15 is 0 Å². The van der Waals surface area contributed by atoms with Crippen LogP contribution in [0.15, 0.2) is 24.5 Å². The summed E-state index contributed by atoms with van der Waals surface area (Å²) in [6, 6.07) is 0. The molecule has 0 radical (unpaired) electrons. The molecule has 0 spiro atoms. The normalized spacial score (nSPS) is 27.3. The van der Waals surface area contributed by atoms with Crippen LogP contribution in [0.3, 0.4) is 0 Å². The molecule has 38 valence electrons. The third-order valence-corrected chi connectivity index (χ3v) is 0.683. The summed E-state index contributed by atoms with van der Waals surface area (Å²) >= 11 is 0. The highest BCUT2D eigenvalue weighted by Gasteiger charge is 1.94. The van der Waals surface area contributed by atoms with Gasteiger partial charge in [0.2, 0.25) is 6.29 Å². The predicted molar refractivity (Wildman–Crippen MR) is 25.4 cm³/mol. The molecule has 1 aliphatic rings. The topological polar surface area (TPSA) is 29.5 Å². The Kier molecular flexibility index (Phi) is 1.13. The molecule has 1 aliphatic heterocycles. The van der Waals surface area contributed by atoms with Gasteiger partial charge in [-0.2, -0.15) is 0 Å². The Balaban J connectivity index is 2.49. The first-order valence-electron chi connectivity index (χ1n) is 2.06. The number of aliphatic hydroxyl groups excluding tert-OH is 1. The van der Waals surface area contributed by atoms with Crippen molar-refractivity contribution in [3.63, 3.8) is 0 Å². The van der Waals surface area contributed by atoms with Crippen LogP contribution in [0.1, 0.15) is 0 Å². The van der Waals surface area contributed by atoms with Crippen molar-refractivity contribution in [3.8, 4) is 0 Å². The van der Waals surface area contributed by atoms with E-state index in [0.717, 1.165) is 0 Å². The van der Waals surface area contributed by atoms with E-state index in [2.05, 4.69) is 4.74 Å². The van der Waals surface area contributed by atoms with Crippen molar-refractivity contribution in [2.75, 3.05) is 0 Å². The molecule has 2 heteroatoms. The van der Waals surface area contributed by atoms with Crippen LogP contribution in [0.5, 0.6) is 0 Å². The molecule has 0 bridgehead atoms. The van der Waals surface area contributed by atoms with Crippen LogP contribution in [0.4, 0.5) is 0 Å². The summed E-state index contributed by atoms with van der Waals surface area (Å²) in [5.74, 6) is 0. The first-order chi connectivity index (χ1) is 3.39. The molecule has 1 atom stereocenters. The lowest BCUT2D eigenvalue weighted by Crippen LogP contribution is -2.04. The van der Waals surface area contributed by atoms with Crippen molar-refractivity contribution >= 4 is 0 Å². The van der Waals surface area contributed by atoms with Crippen LogP contribution in [0, 0.1) is 0 Å². The molecule has 0 saturated heterocycles. The second-order valence-electron chi connectivity index (χ2n) is 1.24. The minimum Gasteiger partial charge on any atom is -0.469 e. The van der Waals surface area contributed by atoms with Gasteiger partial charge in [0.15, 0.2) is 0 Å². The molecule has 1 heterocycles. The zero-order valence-corrected chi connectivity index (χ0v) is 3.74. The van der Waals surface area contributed by atoms with E-state index in [4.69, 9.17) is 5.11 Å². The highest BCUT2D eigenvalue weighted by atomic mass is 16.6. The minimum absolute atomic E-state index is 0.731. The Morgan fingerprint density at radius 2 is 2.29 bits per heavy atom. The molecule has 0 aromatic heterocycles. The lowest BCUT2D eigenvalue weighted by Gasteiger charge is -2.05. The molecule has 1 N–H and O–H groups in total. The molecular formula is C5H6O2. The molecule has 0 aliphatic carbocycles. The van der Waals surface area contributed by atoms with E-state index in [0.29, 0.717) is 0 Å². The maximum absolute atomic E-state index is 8.55. The second-order valence-corrected chi connectivity index (χ2v) is 1.24. The Hall–Kier alpha value is -0.760. The summed E-state index contributed by atoms with van der Waals surface area (Å²) in [7, 11) is 0. The summed E-state index contributed by atoms with van der Waals surface area (Å²) in [6.07, 6.45) is 5.72. The van der Waals surface area contributed by atoms with Gasteiger partial charge in [0.05, 0.1) is 6.26 Å². The molecule has 0 aromatic carbocycles. The zero-order valence-electron chi connectivity index (χ0n) is 3.74. The van der Waals surface area contributed by atoms with E-state index < -0.39 is 6.29 Å². The summed E-state index contributed by atoms with van der Waals surface area (Å²) in [5, 5.41) is 8.55. The Morgan fingerprint density at radius 3 is 2.57 bits per heavy atom. The van der Waals surface area contributed by atoms with Gasteiger partial charge in [-0.25, -0.2) is 0 Å². The number of ether oxygens (including phenoxy) is 1.